The Balaban J connectivity index is 4.40. The summed E-state index contributed by atoms with van der Waals surface area (Å²) < 4.78 is 16.3. The highest BCUT2D eigenvalue weighted by atomic mass is 16.6. The van der Waals surface area contributed by atoms with E-state index in [-0.39, 0.29) is 38.9 Å². The fraction of sp³-hybridized carbons (Fsp3) is 0.911. The van der Waals surface area contributed by atoms with E-state index in [1.807, 2.05) is 0 Å². The van der Waals surface area contributed by atoms with Crippen LogP contribution in [0.3, 0.4) is 0 Å². The monoisotopic (exact) mass is 784 g/mol. The smallest absolute Gasteiger partial charge is 0.365 e. The third kappa shape index (κ3) is 37.2. The van der Waals surface area contributed by atoms with Crippen LogP contribution >= 0.6 is 0 Å². The maximum atomic E-state index is 12.7. The van der Waals surface area contributed by atoms with Crippen LogP contribution in [-0.2, 0) is 33.4 Å². The second kappa shape index (κ2) is 40.0. The van der Waals surface area contributed by atoms with Gasteiger partial charge in [0.2, 0.25) is 0 Å². The zero-order valence-electron chi connectivity index (χ0n) is 35.8. The van der Waals surface area contributed by atoms with Crippen LogP contribution in [0.5, 0.6) is 0 Å². The number of aliphatic carboxylic acids is 1. The Morgan fingerprint density at radius 1 is 0.491 bits per heavy atom. The first kappa shape index (κ1) is 52.8. The summed E-state index contributed by atoms with van der Waals surface area (Å²) in [5, 5.41) is 20.5. The lowest BCUT2D eigenvalue weighted by atomic mass is 10.0. The number of carboxylic acids is 1. The Labute approximate surface area is 336 Å². The first-order chi connectivity index (χ1) is 26.7. The summed E-state index contributed by atoms with van der Waals surface area (Å²) in [6.45, 7) is 3.87. The lowest BCUT2D eigenvalue weighted by molar-refractivity contribution is -0.845. The number of carbonyl (C=O) groups excluding carboxylic acids is 3. The molecule has 10 heteroatoms. The Morgan fingerprint density at radius 3 is 1.16 bits per heavy atom. The summed E-state index contributed by atoms with van der Waals surface area (Å²) in [6, 6.07) is -1.22. The molecular formula is C45H85NO9. The molecule has 0 rings (SSSR count). The highest BCUT2D eigenvalue weighted by Crippen LogP contribution is 2.16. The molecule has 0 saturated carbocycles. The molecule has 0 aromatic carbocycles. The van der Waals surface area contributed by atoms with Crippen molar-refractivity contribution in [2.24, 2.45) is 0 Å². The molecule has 0 bridgehead atoms. The molecule has 0 aliphatic heterocycles. The highest BCUT2D eigenvalue weighted by Gasteiger charge is 2.28. The number of carboxylic acid groups (broad SMARTS) is 1. The molecule has 3 atom stereocenters. The molecule has 10 nitrogen and oxygen atoms in total. The molecule has 0 spiro atoms. The van der Waals surface area contributed by atoms with Gasteiger partial charge in [-0.1, -0.05) is 194 Å². The average molecular weight is 784 g/mol. The number of unbranched alkanes of at least 4 members (excludes halogenated alkanes) is 28. The van der Waals surface area contributed by atoms with Crippen molar-refractivity contribution < 1.29 is 43.6 Å². The molecule has 0 amide bonds. The molecule has 2 N–H and O–H groups in total. The van der Waals surface area contributed by atoms with Crippen LogP contribution in [0.4, 0.5) is 0 Å². The van der Waals surface area contributed by atoms with Crippen molar-refractivity contribution in [3.8, 4) is 0 Å². The third-order valence-corrected chi connectivity index (χ3v) is 10.5. The zero-order chi connectivity index (χ0) is 40.6. The summed E-state index contributed by atoms with van der Waals surface area (Å²) >= 11 is 0. The van der Waals surface area contributed by atoms with Gasteiger partial charge in [0, 0.05) is 19.3 Å². The largest absolute Gasteiger partial charge is 0.634 e. The molecule has 0 saturated heterocycles. The standard InChI is InChI=1S/C45H85NO9/c1-4-6-8-10-12-14-16-18-20-22-24-26-28-30-32-34-43(49)53-38-40(39-54-45(51)41(46(3)52)36-37-42(47)48)55-44(50)35-33-31-29-27-25-23-21-19-17-15-13-11-9-7-5-2/h40-41,46H,4-39H2,1-3H3,(H,47,48). The van der Waals surface area contributed by atoms with Gasteiger partial charge in [-0.05, 0) is 12.8 Å². The van der Waals surface area contributed by atoms with Crippen molar-refractivity contribution in [3.05, 3.63) is 5.21 Å². The van der Waals surface area contributed by atoms with Gasteiger partial charge in [-0.3, -0.25) is 14.4 Å². The number of rotatable bonds is 42. The maximum absolute atomic E-state index is 12.7. The first-order valence-electron chi connectivity index (χ1n) is 22.9. The Kier molecular flexibility index (Phi) is 38.4. The number of esters is 3. The zero-order valence-corrected chi connectivity index (χ0v) is 35.8. The van der Waals surface area contributed by atoms with Crippen molar-refractivity contribution in [1.82, 2.24) is 0 Å². The van der Waals surface area contributed by atoms with Gasteiger partial charge in [-0.25, -0.2) is 4.79 Å². The molecule has 0 aromatic rings. The third-order valence-electron chi connectivity index (χ3n) is 10.5. The number of hydrogen-bond acceptors (Lipinski definition) is 8. The van der Waals surface area contributed by atoms with E-state index in [1.54, 1.807) is 0 Å². The van der Waals surface area contributed by atoms with E-state index in [0.717, 1.165) is 38.5 Å². The Hall–Kier alpha value is -2.20. The predicted octanol–water partition coefficient (Wildman–Crippen LogP) is 10.8. The molecule has 0 heterocycles. The minimum Gasteiger partial charge on any atom is -0.634 e. The van der Waals surface area contributed by atoms with Crippen LogP contribution in [0, 0.1) is 5.21 Å². The van der Waals surface area contributed by atoms with Crippen LogP contribution in [-0.4, -0.2) is 61.4 Å². The predicted molar refractivity (Wildman–Crippen MR) is 222 cm³/mol. The molecule has 0 aliphatic rings. The molecule has 0 aliphatic carbocycles. The molecule has 0 aromatic heterocycles. The van der Waals surface area contributed by atoms with E-state index in [2.05, 4.69) is 13.8 Å². The molecule has 0 radical (unpaired) electrons. The number of likely N-dealkylation sites (N-methyl/N-ethyl adjacent to an activating group) is 1. The second-order valence-corrected chi connectivity index (χ2v) is 15.9. The van der Waals surface area contributed by atoms with Crippen LogP contribution in [0.25, 0.3) is 0 Å². The van der Waals surface area contributed by atoms with Gasteiger partial charge in [0.25, 0.3) is 0 Å². The van der Waals surface area contributed by atoms with E-state index in [9.17, 15) is 24.4 Å². The SMILES string of the molecule is CCCCCCCCCCCCCCCCCC(=O)OCC(COC(=O)C(CCC(=O)O)[NH+](C)[O-])OC(=O)CCCCCCCCCCCCCCCCC. The van der Waals surface area contributed by atoms with Crippen LogP contribution in [0.1, 0.15) is 232 Å². The topological polar surface area (TPSA) is 144 Å². The number of quaternary nitrogens is 1. The molecule has 0 fully saturated rings. The number of ether oxygens (including phenoxy) is 3. The molecule has 324 valence electrons. The quantitative estimate of drug-likeness (QED) is 0.0267. The van der Waals surface area contributed by atoms with Crippen LogP contribution in [0.15, 0.2) is 0 Å². The van der Waals surface area contributed by atoms with Gasteiger partial charge in [-0.15, -0.1) is 0 Å². The fourth-order valence-electron chi connectivity index (χ4n) is 6.93. The number of hydrogen-bond donors (Lipinski definition) is 2. The van der Waals surface area contributed by atoms with Gasteiger partial charge in [0.15, 0.2) is 12.1 Å². The Bertz CT molecular complexity index is 913. The van der Waals surface area contributed by atoms with E-state index >= 15 is 0 Å². The van der Waals surface area contributed by atoms with Crippen molar-refractivity contribution in [3.63, 3.8) is 0 Å². The Morgan fingerprint density at radius 2 is 0.818 bits per heavy atom. The number of hydroxylamine groups is 2. The van der Waals surface area contributed by atoms with Crippen LogP contribution < -0.4 is 5.06 Å². The maximum Gasteiger partial charge on any atom is 0.365 e. The lowest BCUT2D eigenvalue weighted by Crippen LogP contribution is -3.09. The van der Waals surface area contributed by atoms with E-state index in [1.165, 1.54) is 155 Å². The number of nitrogens with one attached hydrogen (secondary N) is 1. The van der Waals surface area contributed by atoms with E-state index < -0.39 is 41.1 Å². The number of carbonyl (C=O) groups is 4. The van der Waals surface area contributed by atoms with Crippen molar-refractivity contribution in [1.29, 1.82) is 0 Å². The lowest BCUT2D eigenvalue weighted by Gasteiger charge is -2.26. The summed E-state index contributed by atoms with van der Waals surface area (Å²) in [5.74, 6) is -2.84. The van der Waals surface area contributed by atoms with Crippen molar-refractivity contribution in [2.75, 3.05) is 20.3 Å². The molecular weight excluding hydrogens is 698 g/mol. The van der Waals surface area contributed by atoms with Gasteiger partial charge < -0.3 is 29.6 Å². The van der Waals surface area contributed by atoms with E-state index in [0.29, 0.717) is 6.42 Å². The summed E-state index contributed by atoms with van der Waals surface area (Å²) in [4.78, 5) is 48.8. The summed E-state index contributed by atoms with van der Waals surface area (Å²) in [5.41, 5.74) is 0. The van der Waals surface area contributed by atoms with Gasteiger partial charge in [0.1, 0.15) is 13.2 Å². The van der Waals surface area contributed by atoms with Gasteiger partial charge in [0.05, 0.1) is 13.5 Å². The van der Waals surface area contributed by atoms with Crippen molar-refractivity contribution in [2.45, 2.75) is 244 Å². The van der Waals surface area contributed by atoms with Crippen molar-refractivity contribution >= 4 is 23.9 Å². The second-order valence-electron chi connectivity index (χ2n) is 15.9. The average Bonchev–Trinajstić information content (AvgIpc) is 3.15. The first-order valence-corrected chi connectivity index (χ1v) is 22.9. The fourth-order valence-corrected chi connectivity index (χ4v) is 6.93. The minimum absolute atomic E-state index is 0.179. The van der Waals surface area contributed by atoms with E-state index in [4.69, 9.17) is 19.3 Å². The highest BCUT2D eigenvalue weighted by molar-refractivity contribution is 5.75. The molecule has 3 unspecified atom stereocenters. The van der Waals surface area contributed by atoms with Gasteiger partial charge in [-0.2, -0.15) is 0 Å². The summed E-state index contributed by atoms with van der Waals surface area (Å²) in [7, 11) is 1.21. The molecule has 55 heavy (non-hydrogen) atoms. The van der Waals surface area contributed by atoms with Gasteiger partial charge >= 0.3 is 23.9 Å². The minimum atomic E-state index is -1.22. The summed E-state index contributed by atoms with van der Waals surface area (Å²) in [6.07, 6.45) is 35.9. The normalized spacial score (nSPS) is 12.9. The van der Waals surface area contributed by atoms with Crippen LogP contribution in [0.2, 0.25) is 0 Å².